The van der Waals surface area contributed by atoms with Crippen LogP contribution < -0.4 is 16.4 Å². The highest BCUT2D eigenvalue weighted by molar-refractivity contribution is 7.98. The summed E-state index contributed by atoms with van der Waals surface area (Å²) in [6.07, 6.45) is 0.507. The average molecular weight is 449 g/mol. The van der Waals surface area contributed by atoms with Crippen molar-refractivity contribution >= 4 is 35.5 Å². The molecule has 0 saturated carbocycles. The minimum atomic E-state index is -1.40. The van der Waals surface area contributed by atoms with Crippen molar-refractivity contribution in [2.75, 3.05) is 18.6 Å². The van der Waals surface area contributed by atoms with Crippen molar-refractivity contribution in [2.45, 2.75) is 69.5 Å². The van der Waals surface area contributed by atoms with Gasteiger partial charge in [0.05, 0.1) is 12.2 Å². The zero-order valence-corrected chi connectivity index (χ0v) is 18.2. The highest BCUT2D eigenvalue weighted by atomic mass is 32.2. The second-order valence-corrected chi connectivity index (χ2v) is 8.35. The molecule has 1 aliphatic heterocycles. The molecule has 0 unspecified atom stereocenters. The maximum absolute atomic E-state index is 12.9. The largest absolute Gasteiger partial charge is 0.480 e. The smallest absolute Gasteiger partial charge is 0.326 e. The number of aliphatic hydroxyl groups excluding tert-OH is 2. The lowest BCUT2D eigenvalue weighted by atomic mass is 10.1. The number of aliphatic hydroxyl groups is 2. The number of thioether (sulfide) groups is 1. The van der Waals surface area contributed by atoms with Gasteiger partial charge in [-0.3, -0.25) is 14.4 Å². The highest BCUT2D eigenvalue weighted by Crippen LogP contribution is 2.19. The Labute approximate surface area is 179 Å². The zero-order chi connectivity index (χ0) is 23.0. The summed E-state index contributed by atoms with van der Waals surface area (Å²) < 4.78 is 0. The van der Waals surface area contributed by atoms with E-state index in [0.29, 0.717) is 18.6 Å². The second kappa shape index (κ2) is 12.1. The van der Waals surface area contributed by atoms with Crippen LogP contribution in [0.1, 0.15) is 33.1 Å². The molecule has 6 atom stereocenters. The first kappa shape index (κ1) is 26.1. The van der Waals surface area contributed by atoms with Crippen LogP contribution in [0.5, 0.6) is 0 Å². The number of amides is 3. The molecule has 172 valence electrons. The lowest BCUT2D eigenvalue weighted by Gasteiger charge is -2.29. The maximum atomic E-state index is 12.9. The monoisotopic (exact) mass is 448 g/mol. The van der Waals surface area contributed by atoms with Crippen molar-refractivity contribution in [2.24, 2.45) is 5.73 Å². The Balaban J connectivity index is 2.95. The predicted octanol–water partition coefficient (Wildman–Crippen LogP) is -2.13. The number of carbonyl (C=O) groups is 4. The van der Waals surface area contributed by atoms with Gasteiger partial charge in [-0.2, -0.15) is 11.8 Å². The summed E-state index contributed by atoms with van der Waals surface area (Å²) in [6, 6.07) is -4.65. The molecule has 0 aromatic rings. The Bertz CT molecular complexity index is 632. The fourth-order valence-corrected chi connectivity index (χ4v) is 3.59. The minimum Gasteiger partial charge on any atom is -0.480 e. The van der Waals surface area contributed by atoms with Gasteiger partial charge in [0.25, 0.3) is 0 Å². The molecule has 0 aromatic heterocycles. The summed E-state index contributed by atoms with van der Waals surface area (Å²) in [5, 5.41) is 33.5. The number of likely N-dealkylation sites (tertiary alicyclic amines) is 1. The van der Waals surface area contributed by atoms with Gasteiger partial charge >= 0.3 is 5.97 Å². The zero-order valence-electron chi connectivity index (χ0n) is 17.4. The molecular formula is C18H32N4O7S. The molecular weight excluding hydrogens is 416 g/mol. The van der Waals surface area contributed by atoms with Crippen molar-refractivity contribution in [3.8, 4) is 0 Å². The highest BCUT2D eigenvalue weighted by Gasteiger charge is 2.38. The van der Waals surface area contributed by atoms with Gasteiger partial charge in [-0.1, -0.05) is 0 Å². The molecule has 1 saturated heterocycles. The second-order valence-electron chi connectivity index (χ2n) is 7.36. The van der Waals surface area contributed by atoms with E-state index in [-0.39, 0.29) is 13.0 Å². The Morgan fingerprint density at radius 3 is 2.27 bits per heavy atom. The van der Waals surface area contributed by atoms with E-state index >= 15 is 0 Å². The summed E-state index contributed by atoms with van der Waals surface area (Å²) >= 11 is 1.45. The van der Waals surface area contributed by atoms with E-state index in [1.807, 2.05) is 6.26 Å². The van der Waals surface area contributed by atoms with Crippen LogP contribution in [0.3, 0.4) is 0 Å². The van der Waals surface area contributed by atoms with Gasteiger partial charge in [0.2, 0.25) is 17.7 Å². The molecule has 1 heterocycles. The fraction of sp³-hybridized carbons (Fsp3) is 0.778. The normalized spacial score (nSPS) is 21.3. The van der Waals surface area contributed by atoms with E-state index in [4.69, 9.17) is 5.73 Å². The van der Waals surface area contributed by atoms with Gasteiger partial charge in [0, 0.05) is 6.54 Å². The lowest BCUT2D eigenvalue weighted by Crippen LogP contribution is -2.60. The number of carbonyl (C=O) groups excluding carboxylic acids is 3. The first-order valence-corrected chi connectivity index (χ1v) is 11.1. The molecule has 30 heavy (non-hydrogen) atoms. The number of nitrogens with zero attached hydrogens (tertiary/aromatic N) is 1. The molecule has 0 spiro atoms. The molecule has 7 N–H and O–H groups in total. The van der Waals surface area contributed by atoms with E-state index in [2.05, 4.69) is 10.6 Å². The minimum absolute atomic E-state index is 0.252. The standard InChI is InChI=1S/C18H32N4O7S/c1-9(23)13(19)15(25)21-14(10(2)24)16(26)20-11(6-8-30-3)17(27)22-7-4-5-12(22)18(28)29/h9-14,23-24H,4-8,19H2,1-3H3,(H,20,26)(H,21,25)(H,28,29)/t9-,10-,11+,12+,13+,14+/m1/s1. The van der Waals surface area contributed by atoms with Crippen molar-refractivity contribution in [1.82, 2.24) is 15.5 Å². The summed E-state index contributed by atoms with van der Waals surface area (Å²) in [6.45, 7) is 2.88. The van der Waals surface area contributed by atoms with E-state index < -0.39 is 60.1 Å². The van der Waals surface area contributed by atoms with Gasteiger partial charge in [0.1, 0.15) is 24.2 Å². The number of carboxylic acids is 1. The van der Waals surface area contributed by atoms with Crippen LogP contribution in [0, 0.1) is 0 Å². The Morgan fingerprint density at radius 1 is 1.13 bits per heavy atom. The topological polar surface area (TPSA) is 182 Å². The molecule has 1 rings (SSSR count). The number of hydrogen-bond donors (Lipinski definition) is 6. The van der Waals surface area contributed by atoms with Gasteiger partial charge < -0.3 is 36.6 Å². The molecule has 11 nitrogen and oxygen atoms in total. The number of nitrogens with two attached hydrogens (primary N) is 1. The summed E-state index contributed by atoms with van der Waals surface area (Å²) in [4.78, 5) is 50.4. The van der Waals surface area contributed by atoms with E-state index in [9.17, 15) is 34.5 Å². The number of aliphatic carboxylic acids is 1. The van der Waals surface area contributed by atoms with Crippen LogP contribution in [-0.4, -0.2) is 98.8 Å². The third-order valence-electron chi connectivity index (χ3n) is 4.93. The first-order valence-electron chi connectivity index (χ1n) is 9.75. The number of nitrogens with one attached hydrogen (secondary N) is 2. The van der Waals surface area contributed by atoms with Gasteiger partial charge in [-0.15, -0.1) is 0 Å². The Morgan fingerprint density at radius 2 is 1.77 bits per heavy atom. The molecule has 0 aromatic carbocycles. The molecule has 0 aliphatic carbocycles. The molecule has 1 aliphatic rings. The lowest BCUT2D eigenvalue weighted by molar-refractivity contribution is -0.149. The van der Waals surface area contributed by atoms with Crippen LogP contribution in [0.2, 0.25) is 0 Å². The molecule has 0 radical (unpaired) electrons. The Kier molecular flexibility index (Phi) is 10.5. The summed E-state index contributed by atoms with van der Waals surface area (Å²) in [7, 11) is 0. The van der Waals surface area contributed by atoms with E-state index in [1.54, 1.807) is 0 Å². The maximum Gasteiger partial charge on any atom is 0.326 e. The van der Waals surface area contributed by atoms with Crippen LogP contribution in [0.4, 0.5) is 0 Å². The van der Waals surface area contributed by atoms with Crippen molar-refractivity contribution in [1.29, 1.82) is 0 Å². The van der Waals surface area contributed by atoms with E-state index in [1.165, 1.54) is 30.5 Å². The molecule has 1 fully saturated rings. The van der Waals surface area contributed by atoms with Crippen LogP contribution in [-0.2, 0) is 19.2 Å². The number of hydrogen-bond acceptors (Lipinski definition) is 8. The van der Waals surface area contributed by atoms with E-state index in [0.717, 1.165) is 0 Å². The molecule has 12 heteroatoms. The third kappa shape index (κ3) is 7.11. The summed E-state index contributed by atoms with van der Waals surface area (Å²) in [5.41, 5.74) is 5.56. The van der Waals surface area contributed by atoms with Crippen molar-refractivity contribution in [3.05, 3.63) is 0 Å². The van der Waals surface area contributed by atoms with Gasteiger partial charge in [-0.05, 0) is 45.1 Å². The number of carboxylic acid groups (broad SMARTS) is 1. The first-order chi connectivity index (χ1) is 14.0. The Hall–Kier alpha value is -1.89. The van der Waals surface area contributed by atoms with Crippen LogP contribution >= 0.6 is 11.8 Å². The predicted molar refractivity (Wildman–Crippen MR) is 111 cm³/mol. The molecule has 3 amide bonds. The quantitative estimate of drug-likeness (QED) is 0.206. The summed E-state index contributed by atoms with van der Waals surface area (Å²) in [5.74, 6) is -2.72. The third-order valence-corrected chi connectivity index (χ3v) is 5.58. The molecule has 0 bridgehead atoms. The number of rotatable bonds is 11. The average Bonchev–Trinajstić information content (AvgIpc) is 3.17. The van der Waals surface area contributed by atoms with Crippen molar-refractivity contribution in [3.63, 3.8) is 0 Å². The fourth-order valence-electron chi connectivity index (χ4n) is 3.12. The van der Waals surface area contributed by atoms with Crippen LogP contribution in [0.25, 0.3) is 0 Å². The van der Waals surface area contributed by atoms with Crippen molar-refractivity contribution < 1.29 is 34.5 Å². The van der Waals surface area contributed by atoms with Gasteiger partial charge in [-0.25, -0.2) is 4.79 Å². The van der Waals surface area contributed by atoms with Crippen LogP contribution in [0.15, 0.2) is 0 Å². The van der Waals surface area contributed by atoms with Gasteiger partial charge in [0.15, 0.2) is 0 Å². The SMILES string of the molecule is CSCC[C@H](NC(=O)[C@@H](NC(=O)[C@@H](N)[C@@H](C)O)[C@@H](C)O)C(=O)N1CCC[C@H]1C(=O)O.